The first kappa shape index (κ1) is 12.9. The van der Waals surface area contributed by atoms with Crippen molar-refractivity contribution in [2.75, 3.05) is 13.6 Å². The van der Waals surface area contributed by atoms with E-state index in [1.807, 2.05) is 0 Å². The number of carboxylic acids is 1. The molecule has 0 atom stereocenters. The molecule has 1 amide bonds. The van der Waals surface area contributed by atoms with E-state index in [4.69, 9.17) is 5.11 Å². The van der Waals surface area contributed by atoms with Crippen molar-refractivity contribution in [3.8, 4) is 0 Å². The Morgan fingerprint density at radius 3 is 2.29 bits per heavy atom. The number of carbonyl (C=O) groups excluding carboxylic acids is 1. The lowest BCUT2D eigenvalue weighted by atomic mass is 10.1. The van der Waals surface area contributed by atoms with E-state index in [2.05, 4.69) is 13.8 Å². The SMILES string of the molecule is CC(C)CCN(C)C(=O)CCC(=O)O. The molecule has 4 nitrogen and oxygen atoms in total. The summed E-state index contributed by atoms with van der Waals surface area (Å²) in [7, 11) is 1.71. The molecule has 0 aromatic rings. The van der Waals surface area contributed by atoms with Crippen LogP contribution in [0.15, 0.2) is 0 Å². The van der Waals surface area contributed by atoms with Crippen molar-refractivity contribution in [2.45, 2.75) is 33.1 Å². The predicted molar refractivity (Wildman–Crippen MR) is 54.0 cm³/mol. The summed E-state index contributed by atoms with van der Waals surface area (Å²) < 4.78 is 0. The van der Waals surface area contributed by atoms with Crippen LogP contribution in [-0.2, 0) is 9.59 Å². The zero-order valence-corrected chi connectivity index (χ0v) is 9.12. The monoisotopic (exact) mass is 201 g/mol. The first-order valence-electron chi connectivity index (χ1n) is 4.89. The van der Waals surface area contributed by atoms with E-state index in [9.17, 15) is 9.59 Å². The Bertz CT molecular complexity index is 202. The maximum absolute atomic E-state index is 11.3. The van der Waals surface area contributed by atoms with Gasteiger partial charge in [-0.2, -0.15) is 0 Å². The molecule has 0 heterocycles. The molecule has 0 saturated carbocycles. The molecule has 0 aliphatic rings. The van der Waals surface area contributed by atoms with Crippen molar-refractivity contribution >= 4 is 11.9 Å². The molecule has 0 aliphatic carbocycles. The van der Waals surface area contributed by atoms with E-state index < -0.39 is 5.97 Å². The minimum Gasteiger partial charge on any atom is -0.481 e. The van der Waals surface area contributed by atoms with Crippen molar-refractivity contribution < 1.29 is 14.7 Å². The largest absolute Gasteiger partial charge is 0.481 e. The maximum Gasteiger partial charge on any atom is 0.303 e. The number of hydrogen-bond acceptors (Lipinski definition) is 2. The fourth-order valence-corrected chi connectivity index (χ4v) is 0.981. The van der Waals surface area contributed by atoms with Gasteiger partial charge in [-0.05, 0) is 12.3 Å². The van der Waals surface area contributed by atoms with Crippen molar-refractivity contribution in [3.63, 3.8) is 0 Å². The number of rotatable bonds is 6. The third-order valence-electron chi connectivity index (χ3n) is 2.02. The van der Waals surface area contributed by atoms with Crippen LogP contribution < -0.4 is 0 Å². The first-order chi connectivity index (χ1) is 6.43. The first-order valence-corrected chi connectivity index (χ1v) is 4.89. The average molecular weight is 201 g/mol. The van der Waals surface area contributed by atoms with Gasteiger partial charge in [0, 0.05) is 20.0 Å². The summed E-state index contributed by atoms with van der Waals surface area (Å²) in [6, 6.07) is 0. The van der Waals surface area contributed by atoms with E-state index in [1.165, 1.54) is 0 Å². The Kier molecular flexibility index (Phi) is 5.92. The highest BCUT2D eigenvalue weighted by molar-refractivity contribution is 5.80. The minimum absolute atomic E-state index is 0.0785. The van der Waals surface area contributed by atoms with Crippen LogP contribution in [-0.4, -0.2) is 35.5 Å². The molecule has 0 aliphatic heterocycles. The summed E-state index contributed by atoms with van der Waals surface area (Å²) in [5.74, 6) is -0.451. The van der Waals surface area contributed by atoms with Gasteiger partial charge in [-0.15, -0.1) is 0 Å². The number of hydrogen-bond donors (Lipinski definition) is 1. The van der Waals surface area contributed by atoms with Crippen molar-refractivity contribution in [2.24, 2.45) is 5.92 Å². The molecule has 82 valence electrons. The second-order valence-electron chi connectivity index (χ2n) is 3.89. The van der Waals surface area contributed by atoms with Crippen LogP contribution in [0, 0.1) is 5.92 Å². The summed E-state index contributed by atoms with van der Waals surface area (Å²) in [6.45, 7) is 4.89. The summed E-state index contributed by atoms with van der Waals surface area (Å²) >= 11 is 0. The van der Waals surface area contributed by atoms with Gasteiger partial charge in [0.15, 0.2) is 0 Å². The van der Waals surface area contributed by atoms with Crippen molar-refractivity contribution in [3.05, 3.63) is 0 Å². The lowest BCUT2D eigenvalue weighted by Crippen LogP contribution is -2.28. The third-order valence-corrected chi connectivity index (χ3v) is 2.02. The molecule has 1 N–H and O–H groups in total. The van der Waals surface area contributed by atoms with Crippen LogP contribution in [0.2, 0.25) is 0 Å². The minimum atomic E-state index is -0.921. The summed E-state index contributed by atoms with van der Waals surface area (Å²) in [5.41, 5.74) is 0. The van der Waals surface area contributed by atoms with Gasteiger partial charge in [-0.3, -0.25) is 9.59 Å². The normalized spacial score (nSPS) is 10.3. The molecule has 0 spiro atoms. The number of aliphatic carboxylic acids is 1. The Labute approximate surface area is 84.9 Å². The van der Waals surface area contributed by atoms with Gasteiger partial charge in [-0.1, -0.05) is 13.8 Å². The molecule has 4 heteroatoms. The van der Waals surface area contributed by atoms with Gasteiger partial charge < -0.3 is 10.0 Å². The molecule has 0 fully saturated rings. The van der Waals surface area contributed by atoms with Crippen LogP contribution >= 0.6 is 0 Å². The van der Waals surface area contributed by atoms with Gasteiger partial charge in [0.1, 0.15) is 0 Å². The third kappa shape index (κ3) is 6.46. The number of amides is 1. The van der Waals surface area contributed by atoms with Crippen LogP contribution in [0.4, 0.5) is 0 Å². The zero-order valence-electron chi connectivity index (χ0n) is 9.12. The predicted octanol–water partition coefficient (Wildman–Crippen LogP) is 1.36. The van der Waals surface area contributed by atoms with Crippen LogP contribution in [0.5, 0.6) is 0 Å². The quantitative estimate of drug-likeness (QED) is 0.705. The Hall–Kier alpha value is -1.06. The fourth-order valence-electron chi connectivity index (χ4n) is 0.981. The smallest absolute Gasteiger partial charge is 0.303 e. The van der Waals surface area contributed by atoms with E-state index in [1.54, 1.807) is 11.9 Å². The molecule has 0 saturated heterocycles. The molecule has 0 aromatic carbocycles. The van der Waals surface area contributed by atoms with Crippen molar-refractivity contribution in [1.82, 2.24) is 4.90 Å². The van der Waals surface area contributed by atoms with E-state index in [0.717, 1.165) is 6.42 Å². The molecular weight excluding hydrogens is 182 g/mol. The Balaban J connectivity index is 3.70. The van der Waals surface area contributed by atoms with Gasteiger partial charge in [0.2, 0.25) is 5.91 Å². The van der Waals surface area contributed by atoms with E-state index in [0.29, 0.717) is 12.5 Å². The van der Waals surface area contributed by atoms with Crippen LogP contribution in [0.25, 0.3) is 0 Å². The summed E-state index contributed by atoms with van der Waals surface area (Å²) in [5, 5.41) is 8.39. The topological polar surface area (TPSA) is 57.6 Å². The second kappa shape index (κ2) is 6.40. The van der Waals surface area contributed by atoms with Gasteiger partial charge in [-0.25, -0.2) is 0 Å². The van der Waals surface area contributed by atoms with Crippen LogP contribution in [0.3, 0.4) is 0 Å². The highest BCUT2D eigenvalue weighted by Gasteiger charge is 2.10. The number of carboxylic acid groups (broad SMARTS) is 1. The molecule has 0 aromatic heterocycles. The molecule has 0 bridgehead atoms. The van der Waals surface area contributed by atoms with Crippen LogP contribution in [0.1, 0.15) is 33.1 Å². The Morgan fingerprint density at radius 2 is 1.86 bits per heavy atom. The second-order valence-corrected chi connectivity index (χ2v) is 3.89. The standard InChI is InChI=1S/C10H19NO3/c1-8(2)6-7-11(3)9(12)4-5-10(13)14/h8H,4-7H2,1-3H3,(H,13,14). The van der Waals surface area contributed by atoms with Crippen molar-refractivity contribution in [1.29, 1.82) is 0 Å². The Morgan fingerprint density at radius 1 is 1.29 bits per heavy atom. The average Bonchev–Trinajstić information content (AvgIpc) is 2.09. The van der Waals surface area contributed by atoms with Gasteiger partial charge in [0.25, 0.3) is 0 Å². The molecular formula is C10H19NO3. The molecule has 14 heavy (non-hydrogen) atoms. The highest BCUT2D eigenvalue weighted by Crippen LogP contribution is 2.02. The molecule has 0 unspecified atom stereocenters. The molecule has 0 radical (unpaired) electrons. The van der Waals surface area contributed by atoms with Gasteiger partial charge in [0.05, 0.1) is 6.42 Å². The number of carbonyl (C=O) groups is 2. The lowest BCUT2D eigenvalue weighted by Gasteiger charge is -2.17. The molecule has 0 rings (SSSR count). The van der Waals surface area contributed by atoms with E-state index in [-0.39, 0.29) is 18.7 Å². The fraction of sp³-hybridized carbons (Fsp3) is 0.800. The van der Waals surface area contributed by atoms with Gasteiger partial charge >= 0.3 is 5.97 Å². The van der Waals surface area contributed by atoms with E-state index >= 15 is 0 Å². The highest BCUT2D eigenvalue weighted by atomic mass is 16.4. The number of nitrogens with zero attached hydrogens (tertiary/aromatic N) is 1. The zero-order chi connectivity index (χ0) is 11.1. The summed E-state index contributed by atoms with van der Waals surface area (Å²) in [6.07, 6.45) is 0.976. The summed E-state index contributed by atoms with van der Waals surface area (Å²) in [4.78, 5) is 23.1. The lowest BCUT2D eigenvalue weighted by molar-refractivity contribution is -0.140. The maximum atomic E-state index is 11.3.